The number of aryl methyl sites for hydroxylation is 1. The third-order valence-corrected chi connectivity index (χ3v) is 5.86. The third kappa shape index (κ3) is 3.93. The van der Waals surface area contributed by atoms with Gasteiger partial charge >= 0.3 is 0 Å². The van der Waals surface area contributed by atoms with E-state index >= 15 is 0 Å². The molecule has 2 heterocycles. The van der Waals surface area contributed by atoms with E-state index in [2.05, 4.69) is 53.0 Å². The van der Waals surface area contributed by atoms with Crippen molar-refractivity contribution in [1.29, 1.82) is 0 Å². The topological polar surface area (TPSA) is 47.5 Å². The van der Waals surface area contributed by atoms with E-state index in [4.69, 9.17) is 0 Å². The average Bonchev–Trinajstić information content (AvgIpc) is 3.12. The average molecular weight is 351 g/mol. The van der Waals surface area contributed by atoms with Gasteiger partial charge in [0.15, 0.2) is 0 Å². The Balaban J connectivity index is 1.45. The van der Waals surface area contributed by atoms with Gasteiger partial charge in [-0.15, -0.1) is 0 Å². The lowest BCUT2D eigenvalue weighted by molar-refractivity contribution is 0.139. The fourth-order valence-electron chi connectivity index (χ4n) is 4.63. The van der Waals surface area contributed by atoms with Gasteiger partial charge < -0.3 is 5.11 Å². The van der Waals surface area contributed by atoms with Crippen molar-refractivity contribution < 1.29 is 5.11 Å². The van der Waals surface area contributed by atoms with E-state index in [0.29, 0.717) is 23.6 Å². The number of piperidine rings is 1. The molecule has 26 heavy (non-hydrogen) atoms. The van der Waals surface area contributed by atoms with Crippen molar-refractivity contribution in [2.24, 2.45) is 5.92 Å². The fraction of sp³-hybridized carbons (Fsp3) is 0.455. The second kappa shape index (κ2) is 7.78. The molecule has 2 aliphatic rings. The lowest BCUT2D eigenvalue weighted by Gasteiger charge is -2.37. The van der Waals surface area contributed by atoms with Crippen molar-refractivity contribution in [3.63, 3.8) is 0 Å². The largest absolute Gasteiger partial charge is 0.508 e. The smallest absolute Gasteiger partial charge is 0.115 e. The molecular weight excluding hydrogens is 322 g/mol. The summed E-state index contributed by atoms with van der Waals surface area (Å²) in [6, 6.07) is 17.1. The third-order valence-electron chi connectivity index (χ3n) is 5.86. The molecule has 138 valence electrons. The number of benzene rings is 2. The van der Waals surface area contributed by atoms with Crippen molar-refractivity contribution in [3.8, 4) is 5.75 Å². The minimum absolute atomic E-state index is 0.359. The predicted octanol–water partition coefficient (Wildman–Crippen LogP) is 3.17. The molecule has 2 aromatic carbocycles. The van der Waals surface area contributed by atoms with Crippen LogP contribution in [-0.2, 0) is 6.54 Å². The van der Waals surface area contributed by atoms with Crippen LogP contribution in [0.25, 0.3) is 0 Å². The first-order valence-electron chi connectivity index (χ1n) is 9.74. The molecule has 3 N–H and O–H groups in total. The number of aromatic hydroxyl groups is 1. The minimum atomic E-state index is 0.359. The summed E-state index contributed by atoms with van der Waals surface area (Å²) < 4.78 is 0. The van der Waals surface area contributed by atoms with Crippen LogP contribution in [0.3, 0.4) is 0 Å². The SMILES string of the molecule is Cc1cccc(C2CNNC2C2CCCN(Cc3cccc(O)c3)C2)c1. The van der Waals surface area contributed by atoms with E-state index in [9.17, 15) is 5.11 Å². The summed E-state index contributed by atoms with van der Waals surface area (Å²) in [6.45, 7) is 6.34. The van der Waals surface area contributed by atoms with Crippen LogP contribution in [0.5, 0.6) is 5.75 Å². The van der Waals surface area contributed by atoms with E-state index in [1.165, 1.54) is 29.5 Å². The van der Waals surface area contributed by atoms with Crippen LogP contribution in [0.1, 0.15) is 35.4 Å². The van der Waals surface area contributed by atoms with Gasteiger partial charge in [-0.1, -0.05) is 42.0 Å². The molecule has 3 atom stereocenters. The highest BCUT2D eigenvalue weighted by Gasteiger charge is 2.36. The van der Waals surface area contributed by atoms with E-state index < -0.39 is 0 Å². The van der Waals surface area contributed by atoms with Gasteiger partial charge in [-0.25, -0.2) is 0 Å². The van der Waals surface area contributed by atoms with E-state index in [1.807, 2.05) is 12.1 Å². The zero-order valence-corrected chi connectivity index (χ0v) is 15.5. The summed E-state index contributed by atoms with van der Waals surface area (Å²) in [7, 11) is 0. The van der Waals surface area contributed by atoms with E-state index in [-0.39, 0.29) is 0 Å². The monoisotopic (exact) mass is 351 g/mol. The predicted molar refractivity (Wildman–Crippen MR) is 105 cm³/mol. The van der Waals surface area contributed by atoms with Crippen molar-refractivity contribution >= 4 is 0 Å². The Morgan fingerprint density at radius 3 is 2.88 bits per heavy atom. The lowest BCUT2D eigenvalue weighted by Crippen LogP contribution is -2.46. The van der Waals surface area contributed by atoms with Gasteiger partial charge in [0.2, 0.25) is 0 Å². The summed E-state index contributed by atoms with van der Waals surface area (Å²) in [5, 5.41) is 9.71. The molecule has 4 heteroatoms. The maximum Gasteiger partial charge on any atom is 0.115 e. The van der Waals surface area contributed by atoms with Crippen LogP contribution in [-0.4, -0.2) is 35.7 Å². The highest BCUT2D eigenvalue weighted by molar-refractivity contribution is 5.29. The Kier molecular flexibility index (Phi) is 5.25. The van der Waals surface area contributed by atoms with Crippen LogP contribution in [0.4, 0.5) is 0 Å². The van der Waals surface area contributed by atoms with Crippen molar-refractivity contribution in [1.82, 2.24) is 15.8 Å². The molecule has 0 spiro atoms. The van der Waals surface area contributed by atoms with E-state index in [0.717, 1.165) is 26.2 Å². The lowest BCUT2D eigenvalue weighted by atomic mass is 9.81. The Bertz CT molecular complexity index is 748. The molecule has 0 radical (unpaired) electrons. The van der Waals surface area contributed by atoms with Gasteiger partial charge in [0.05, 0.1) is 0 Å². The van der Waals surface area contributed by atoms with Gasteiger partial charge in [-0.2, -0.15) is 0 Å². The zero-order chi connectivity index (χ0) is 17.9. The number of hydrogen-bond acceptors (Lipinski definition) is 4. The van der Waals surface area contributed by atoms with Crippen LogP contribution in [0.15, 0.2) is 48.5 Å². The molecule has 0 aliphatic carbocycles. The number of hydrogen-bond donors (Lipinski definition) is 3. The molecule has 2 saturated heterocycles. The summed E-state index contributed by atoms with van der Waals surface area (Å²) >= 11 is 0. The summed E-state index contributed by atoms with van der Waals surface area (Å²) in [4.78, 5) is 2.54. The molecule has 2 fully saturated rings. The van der Waals surface area contributed by atoms with E-state index in [1.54, 1.807) is 6.07 Å². The standard InChI is InChI=1S/C22H29N3O/c1-16-5-2-7-18(11-16)21-13-23-24-22(21)19-8-4-10-25(15-19)14-17-6-3-9-20(26)12-17/h2-3,5-7,9,11-12,19,21-24,26H,4,8,10,13-15H2,1H3. The molecule has 0 aromatic heterocycles. The summed E-state index contributed by atoms with van der Waals surface area (Å²) in [5.41, 5.74) is 10.9. The van der Waals surface area contributed by atoms with Gasteiger partial charge in [0.1, 0.15) is 5.75 Å². The number of likely N-dealkylation sites (tertiary alicyclic amines) is 1. The fourth-order valence-corrected chi connectivity index (χ4v) is 4.63. The van der Waals surface area contributed by atoms with Gasteiger partial charge in [-0.05, 0) is 55.5 Å². The summed E-state index contributed by atoms with van der Waals surface area (Å²) in [5.74, 6) is 1.53. The second-order valence-electron chi connectivity index (χ2n) is 7.88. The first-order chi connectivity index (χ1) is 12.7. The Hall–Kier alpha value is -1.88. The molecule has 0 bridgehead atoms. The number of rotatable bonds is 4. The minimum Gasteiger partial charge on any atom is -0.508 e. The Morgan fingerprint density at radius 1 is 1.15 bits per heavy atom. The van der Waals surface area contributed by atoms with Gasteiger partial charge in [0.25, 0.3) is 0 Å². The normalized spacial score (nSPS) is 26.9. The first-order valence-corrected chi connectivity index (χ1v) is 9.74. The van der Waals surface area contributed by atoms with Crippen LogP contribution in [0, 0.1) is 12.8 Å². The Morgan fingerprint density at radius 2 is 2.04 bits per heavy atom. The van der Waals surface area contributed by atoms with Crippen molar-refractivity contribution in [2.45, 2.75) is 38.3 Å². The van der Waals surface area contributed by atoms with Gasteiger partial charge in [-0.3, -0.25) is 15.8 Å². The number of phenols is 1. The molecular formula is C22H29N3O. The van der Waals surface area contributed by atoms with Crippen LogP contribution in [0.2, 0.25) is 0 Å². The van der Waals surface area contributed by atoms with Crippen LogP contribution >= 0.6 is 0 Å². The van der Waals surface area contributed by atoms with Crippen molar-refractivity contribution in [2.75, 3.05) is 19.6 Å². The number of hydrazine groups is 1. The molecule has 0 saturated carbocycles. The number of nitrogens with zero attached hydrogens (tertiary/aromatic N) is 1. The van der Waals surface area contributed by atoms with Gasteiger partial charge in [0, 0.05) is 31.6 Å². The molecule has 2 aromatic rings. The second-order valence-corrected chi connectivity index (χ2v) is 7.88. The molecule has 4 rings (SSSR count). The molecule has 2 aliphatic heterocycles. The van der Waals surface area contributed by atoms with Crippen LogP contribution < -0.4 is 10.9 Å². The molecule has 0 amide bonds. The Labute approximate surface area is 156 Å². The number of nitrogens with one attached hydrogen (secondary N) is 2. The zero-order valence-electron chi connectivity index (χ0n) is 15.5. The number of phenolic OH excluding ortho intramolecular Hbond substituents is 1. The highest BCUT2D eigenvalue weighted by atomic mass is 16.3. The maximum atomic E-state index is 9.71. The molecule has 4 nitrogen and oxygen atoms in total. The first kappa shape index (κ1) is 17.5. The van der Waals surface area contributed by atoms with Crippen molar-refractivity contribution in [3.05, 3.63) is 65.2 Å². The molecule has 3 unspecified atom stereocenters. The summed E-state index contributed by atoms with van der Waals surface area (Å²) in [6.07, 6.45) is 2.51. The quantitative estimate of drug-likeness (QED) is 0.792. The maximum absolute atomic E-state index is 9.71. The highest BCUT2D eigenvalue weighted by Crippen LogP contribution is 2.32.